The first-order valence-corrected chi connectivity index (χ1v) is 14.9. The number of rotatable bonds is 8. The third-order valence-corrected chi connectivity index (χ3v) is 8.31. The normalized spacial score (nSPS) is 18.1. The number of benzene rings is 2. The Balaban J connectivity index is 1.33. The second-order valence-corrected chi connectivity index (χ2v) is 11.0. The molecule has 0 spiro atoms. The van der Waals surface area contributed by atoms with E-state index in [4.69, 9.17) is 19.4 Å². The Hall–Kier alpha value is -3.50. The number of carbonyl (C=O) groups excluding carboxylic acids is 1. The van der Waals surface area contributed by atoms with Gasteiger partial charge in [0.1, 0.15) is 22.9 Å². The Labute approximate surface area is 239 Å². The van der Waals surface area contributed by atoms with Crippen LogP contribution in [0.2, 0.25) is 0 Å². The molecule has 2 fully saturated rings. The Kier molecular flexibility index (Phi) is 8.20. The molecule has 2 aromatic carbocycles. The van der Waals surface area contributed by atoms with Gasteiger partial charge in [-0.3, -0.25) is 4.79 Å². The van der Waals surface area contributed by atoms with Crippen molar-refractivity contribution in [2.75, 3.05) is 62.3 Å². The van der Waals surface area contributed by atoms with E-state index in [2.05, 4.69) is 9.80 Å². The number of phenols is 1. The van der Waals surface area contributed by atoms with Crippen molar-refractivity contribution in [3.05, 3.63) is 46.9 Å². The standard InChI is InChI=1S/C31H38FN5O4/c1-2-23-24(32)9-8-21-18-22(38)19-26(27(21)23)37-20-25-28(30(37)39)29(36-13-7-15-40-17-14-36)34-31(33-25)41-16-6-12-35-10-4-3-5-11-35/h8-9,18-19,38H,2-7,10-17,20H2,1H3. The fourth-order valence-electron chi connectivity index (χ4n) is 6.28. The molecule has 0 aliphatic carbocycles. The minimum Gasteiger partial charge on any atom is -0.508 e. The molecule has 0 atom stereocenters. The number of hydrogen-bond donors (Lipinski definition) is 1. The number of likely N-dealkylation sites (tertiary alicyclic amines) is 1. The maximum atomic E-state index is 14.9. The SMILES string of the molecule is CCc1c(F)ccc2cc(O)cc(N3Cc4nc(OCCCN5CCCCC5)nc(N5CCCOCC5)c4C3=O)c12. The van der Waals surface area contributed by atoms with Crippen molar-refractivity contribution in [1.82, 2.24) is 14.9 Å². The highest BCUT2D eigenvalue weighted by Crippen LogP contribution is 2.41. The van der Waals surface area contributed by atoms with Gasteiger partial charge in [0.25, 0.3) is 5.91 Å². The third kappa shape index (κ3) is 5.67. The van der Waals surface area contributed by atoms with E-state index < -0.39 is 0 Å². The van der Waals surface area contributed by atoms with Crippen LogP contribution in [0.5, 0.6) is 11.8 Å². The fourth-order valence-corrected chi connectivity index (χ4v) is 6.28. The molecule has 0 radical (unpaired) electrons. The van der Waals surface area contributed by atoms with Gasteiger partial charge in [-0.25, -0.2) is 4.39 Å². The zero-order valence-electron chi connectivity index (χ0n) is 23.7. The van der Waals surface area contributed by atoms with Gasteiger partial charge in [-0.1, -0.05) is 19.4 Å². The molecule has 4 heterocycles. The number of aryl methyl sites for hydroxylation is 1. The summed E-state index contributed by atoms with van der Waals surface area (Å²) < 4.78 is 26.6. The van der Waals surface area contributed by atoms with E-state index in [0.29, 0.717) is 78.4 Å². The number of anilines is 2. The average Bonchev–Trinajstić information content (AvgIpc) is 3.13. The summed E-state index contributed by atoms with van der Waals surface area (Å²) in [6.45, 7) is 8.31. The minimum atomic E-state index is -0.332. The molecule has 0 unspecified atom stereocenters. The van der Waals surface area contributed by atoms with Crippen LogP contribution in [0, 0.1) is 5.82 Å². The smallest absolute Gasteiger partial charge is 0.318 e. The predicted molar refractivity (Wildman–Crippen MR) is 156 cm³/mol. The molecule has 1 aromatic heterocycles. The molecule has 41 heavy (non-hydrogen) atoms. The number of carbonyl (C=O) groups is 1. The van der Waals surface area contributed by atoms with Crippen molar-refractivity contribution >= 4 is 28.2 Å². The Morgan fingerprint density at radius 2 is 1.90 bits per heavy atom. The van der Waals surface area contributed by atoms with Crippen LogP contribution in [0.3, 0.4) is 0 Å². The van der Waals surface area contributed by atoms with E-state index in [9.17, 15) is 14.3 Å². The topological polar surface area (TPSA) is 91.3 Å². The zero-order valence-corrected chi connectivity index (χ0v) is 23.7. The molecule has 3 aliphatic heterocycles. The predicted octanol–water partition coefficient (Wildman–Crippen LogP) is 4.68. The van der Waals surface area contributed by atoms with Gasteiger partial charge in [0.05, 0.1) is 31.1 Å². The maximum absolute atomic E-state index is 14.9. The number of hydrogen-bond acceptors (Lipinski definition) is 8. The molecule has 3 aromatic rings. The summed E-state index contributed by atoms with van der Waals surface area (Å²) in [6.07, 6.45) is 5.96. The minimum absolute atomic E-state index is 0.0126. The number of ether oxygens (including phenoxy) is 2. The van der Waals surface area contributed by atoms with Crippen molar-refractivity contribution < 1.29 is 23.8 Å². The molecule has 218 valence electrons. The number of nitrogens with zero attached hydrogens (tertiary/aromatic N) is 5. The van der Waals surface area contributed by atoms with Gasteiger partial charge in [-0.05, 0) is 68.3 Å². The lowest BCUT2D eigenvalue weighted by molar-refractivity contribution is 0.0997. The quantitative estimate of drug-likeness (QED) is 0.395. The van der Waals surface area contributed by atoms with Gasteiger partial charge in [-0.2, -0.15) is 9.97 Å². The highest BCUT2D eigenvalue weighted by Gasteiger charge is 2.37. The van der Waals surface area contributed by atoms with Crippen molar-refractivity contribution in [2.24, 2.45) is 0 Å². The number of amides is 1. The monoisotopic (exact) mass is 563 g/mol. The lowest BCUT2D eigenvalue weighted by atomic mass is 9.99. The maximum Gasteiger partial charge on any atom is 0.318 e. The summed E-state index contributed by atoms with van der Waals surface area (Å²) in [5, 5.41) is 11.9. The number of piperidine rings is 1. The van der Waals surface area contributed by atoms with Gasteiger partial charge in [0.15, 0.2) is 0 Å². The van der Waals surface area contributed by atoms with Gasteiger partial charge in [0.2, 0.25) is 0 Å². The number of fused-ring (bicyclic) bond motifs is 2. The molecule has 1 N–H and O–H groups in total. The van der Waals surface area contributed by atoms with Gasteiger partial charge < -0.3 is 29.3 Å². The molecule has 6 rings (SSSR count). The number of aromatic hydroxyl groups is 1. The van der Waals surface area contributed by atoms with E-state index in [0.717, 1.165) is 32.5 Å². The van der Waals surface area contributed by atoms with Crippen LogP contribution < -0.4 is 14.5 Å². The summed E-state index contributed by atoms with van der Waals surface area (Å²) in [4.78, 5) is 29.7. The van der Waals surface area contributed by atoms with Crippen LogP contribution in [0.25, 0.3) is 10.8 Å². The number of aromatic nitrogens is 2. The Morgan fingerprint density at radius 1 is 1.05 bits per heavy atom. The summed E-state index contributed by atoms with van der Waals surface area (Å²) in [6, 6.07) is 6.45. The first kappa shape index (κ1) is 27.7. The highest BCUT2D eigenvalue weighted by molar-refractivity contribution is 6.16. The number of halogens is 1. The molecule has 0 saturated carbocycles. The molecular formula is C31H38FN5O4. The average molecular weight is 564 g/mol. The third-order valence-electron chi connectivity index (χ3n) is 8.31. The van der Waals surface area contributed by atoms with Crippen LogP contribution in [-0.2, 0) is 17.7 Å². The summed E-state index contributed by atoms with van der Waals surface area (Å²) >= 11 is 0. The first-order chi connectivity index (χ1) is 20.0. The second-order valence-electron chi connectivity index (χ2n) is 11.0. The van der Waals surface area contributed by atoms with Crippen molar-refractivity contribution in [1.29, 1.82) is 0 Å². The van der Waals surface area contributed by atoms with Crippen LogP contribution in [-0.4, -0.2) is 78.4 Å². The molecule has 3 aliphatic rings. The molecule has 9 nitrogen and oxygen atoms in total. The molecular weight excluding hydrogens is 525 g/mol. The van der Waals surface area contributed by atoms with E-state index in [1.54, 1.807) is 17.0 Å². The van der Waals surface area contributed by atoms with E-state index in [1.807, 2.05) is 6.92 Å². The van der Waals surface area contributed by atoms with Gasteiger partial charge in [0, 0.05) is 37.7 Å². The van der Waals surface area contributed by atoms with Gasteiger partial charge >= 0.3 is 6.01 Å². The van der Waals surface area contributed by atoms with Gasteiger partial charge in [-0.15, -0.1) is 0 Å². The van der Waals surface area contributed by atoms with E-state index in [-0.39, 0.29) is 30.0 Å². The lowest BCUT2D eigenvalue weighted by Gasteiger charge is -2.26. The number of phenolic OH excluding ortho intramolecular Hbond substituents is 1. The van der Waals surface area contributed by atoms with Crippen LogP contribution in [0.4, 0.5) is 15.9 Å². The first-order valence-electron chi connectivity index (χ1n) is 14.9. The lowest BCUT2D eigenvalue weighted by Crippen LogP contribution is -2.31. The highest BCUT2D eigenvalue weighted by atomic mass is 19.1. The van der Waals surface area contributed by atoms with Crippen molar-refractivity contribution in [2.45, 2.75) is 52.0 Å². The van der Waals surface area contributed by atoms with Crippen molar-refractivity contribution in [3.63, 3.8) is 0 Å². The molecule has 1 amide bonds. The summed E-state index contributed by atoms with van der Waals surface area (Å²) in [5.41, 5.74) is 1.98. The summed E-state index contributed by atoms with van der Waals surface area (Å²) in [7, 11) is 0. The molecule has 0 bridgehead atoms. The Bertz CT molecular complexity index is 1420. The fraction of sp³-hybridized carbons (Fsp3) is 0.516. The van der Waals surface area contributed by atoms with E-state index >= 15 is 0 Å². The largest absolute Gasteiger partial charge is 0.508 e. The van der Waals surface area contributed by atoms with Crippen LogP contribution >= 0.6 is 0 Å². The molecule has 10 heteroatoms. The van der Waals surface area contributed by atoms with Crippen LogP contribution in [0.15, 0.2) is 24.3 Å². The Morgan fingerprint density at radius 3 is 2.73 bits per heavy atom. The molecule has 2 saturated heterocycles. The summed E-state index contributed by atoms with van der Waals surface area (Å²) in [5.74, 6) is -0.0413. The van der Waals surface area contributed by atoms with E-state index in [1.165, 1.54) is 31.4 Å². The van der Waals surface area contributed by atoms with Crippen molar-refractivity contribution in [3.8, 4) is 11.8 Å². The van der Waals surface area contributed by atoms with Crippen LogP contribution in [0.1, 0.15) is 60.6 Å². The second kappa shape index (κ2) is 12.2. The zero-order chi connectivity index (χ0) is 28.3.